The van der Waals surface area contributed by atoms with Crippen LogP contribution in [0.25, 0.3) is 11.4 Å². The molecule has 32 heavy (non-hydrogen) atoms. The molecule has 1 aliphatic heterocycles. The molecule has 7 nitrogen and oxygen atoms in total. The summed E-state index contributed by atoms with van der Waals surface area (Å²) in [5, 5.41) is 9.29. The van der Waals surface area contributed by atoms with Gasteiger partial charge in [0.2, 0.25) is 5.91 Å². The fraction of sp³-hybridized carbons (Fsp3) is 0.250. The van der Waals surface area contributed by atoms with Crippen LogP contribution in [0.1, 0.15) is 23.2 Å². The molecule has 0 atom stereocenters. The molecule has 1 saturated heterocycles. The Hall–Kier alpha value is -3.39. The zero-order valence-electron chi connectivity index (χ0n) is 17.9. The summed E-state index contributed by atoms with van der Waals surface area (Å²) in [6.45, 7) is 5.03. The highest BCUT2D eigenvalue weighted by Gasteiger charge is 2.23. The number of allylic oxidation sites excluding steroid dienone is 1. The minimum absolute atomic E-state index is 0.0320. The molecule has 0 bridgehead atoms. The Kier molecular flexibility index (Phi) is 6.70. The highest BCUT2D eigenvalue weighted by Crippen LogP contribution is 2.31. The summed E-state index contributed by atoms with van der Waals surface area (Å²) < 4.78 is 7.38. The van der Waals surface area contributed by atoms with E-state index in [0.29, 0.717) is 41.8 Å². The van der Waals surface area contributed by atoms with Crippen LogP contribution in [0, 0.1) is 0 Å². The number of rotatable bonds is 9. The van der Waals surface area contributed by atoms with Gasteiger partial charge >= 0.3 is 0 Å². The van der Waals surface area contributed by atoms with E-state index in [1.165, 1.54) is 11.8 Å². The molecule has 1 aliphatic rings. The smallest absolute Gasteiger partial charge is 0.227 e. The fourth-order valence-corrected chi connectivity index (χ4v) is 4.54. The van der Waals surface area contributed by atoms with Crippen molar-refractivity contribution in [3.63, 3.8) is 0 Å². The number of Topliss-reactive ketones (excluding diaryl/α,β-unsaturated/α-hetero) is 1. The maximum Gasteiger partial charge on any atom is 0.227 e. The van der Waals surface area contributed by atoms with Gasteiger partial charge in [-0.25, -0.2) is 0 Å². The molecule has 1 amide bonds. The van der Waals surface area contributed by atoms with Crippen LogP contribution in [-0.4, -0.2) is 45.9 Å². The van der Waals surface area contributed by atoms with Crippen LogP contribution < -0.4 is 9.64 Å². The van der Waals surface area contributed by atoms with Crippen molar-refractivity contribution in [2.45, 2.75) is 24.5 Å². The number of carbonyl (C=O) groups is 2. The van der Waals surface area contributed by atoms with E-state index in [-0.39, 0.29) is 17.4 Å². The molecule has 1 fully saturated rings. The first-order chi connectivity index (χ1) is 15.6. The number of hydrogen-bond acceptors (Lipinski definition) is 6. The molecule has 3 aromatic rings. The fourth-order valence-electron chi connectivity index (χ4n) is 3.70. The Labute approximate surface area is 191 Å². The van der Waals surface area contributed by atoms with Crippen LogP contribution in [0.2, 0.25) is 0 Å². The number of benzene rings is 2. The van der Waals surface area contributed by atoms with Crippen molar-refractivity contribution >= 4 is 29.1 Å². The molecule has 164 valence electrons. The van der Waals surface area contributed by atoms with Gasteiger partial charge in [-0.05, 0) is 30.7 Å². The van der Waals surface area contributed by atoms with Gasteiger partial charge in [0.25, 0.3) is 0 Å². The zero-order chi connectivity index (χ0) is 22.5. The van der Waals surface area contributed by atoms with Gasteiger partial charge in [-0.3, -0.25) is 14.2 Å². The van der Waals surface area contributed by atoms with E-state index in [2.05, 4.69) is 16.8 Å². The van der Waals surface area contributed by atoms with E-state index in [4.69, 9.17) is 4.74 Å². The van der Waals surface area contributed by atoms with Crippen LogP contribution in [-0.2, 0) is 11.3 Å². The molecule has 4 rings (SSSR count). The Morgan fingerprint density at radius 2 is 2.06 bits per heavy atom. The molecule has 0 spiro atoms. The summed E-state index contributed by atoms with van der Waals surface area (Å²) in [4.78, 5) is 26.7. The molecular weight excluding hydrogens is 424 g/mol. The van der Waals surface area contributed by atoms with Crippen molar-refractivity contribution in [3.8, 4) is 17.1 Å². The third-order valence-corrected chi connectivity index (χ3v) is 6.23. The van der Waals surface area contributed by atoms with Crippen molar-refractivity contribution in [2.24, 2.45) is 0 Å². The van der Waals surface area contributed by atoms with Crippen molar-refractivity contribution in [3.05, 3.63) is 66.7 Å². The summed E-state index contributed by atoms with van der Waals surface area (Å²) in [5.41, 5.74) is 2.18. The second kappa shape index (κ2) is 9.82. The van der Waals surface area contributed by atoms with Gasteiger partial charge in [-0.15, -0.1) is 16.8 Å². The first kappa shape index (κ1) is 21.8. The third kappa shape index (κ3) is 4.45. The van der Waals surface area contributed by atoms with Crippen LogP contribution in [0.4, 0.5) is 5.69 Å². The summed E-state index contributed by atoms with van der Waals surface area (Å²) in [5.74, 6) is 1.64. The number of aromatic nitrogens is 3. The van der Waals surface area contributed by atoms with Crippen LogP contribution in [0.3, 0.4) is 0 Å². The molecule has 2 heterocycles. The van der Waals surface area contributed by atoms with Gasteiger partial charge in [0.05, 0.1) is 18.4 Å². The lowest BCUT2D eigenvalue weighted by atomic mass is 10.1. The van der Waals surface area contributed by atoms with Gasteiger partial charge in [-0.2, -0.15) is 0 Å². The standard InChI is InChI=1S/C24H24N4O3S/c1-3-13-28-23(19-10-4-5-11-21(19)31-2)25-26-24(28)32-16-20(29)17-8-6-9-18(15-17)27-14-7-12-22(27)30/h3-6,8-11,15H,1,7,12-14,16H2,2H3. The van der Waals surface area contributed by atoms with Crippen LogP contribution >= 0.6 is 11.8 Å². The number of thioether (sulfide) groups is 1. The summed E-state index contributed by atoms with van der Waals surface area (Å²) in [6, 6.07) is 14.9. The lowest BCUT2D eigenvalue weighted by molar-refractivity contribution is -0.117. The number of methoxy groups -OCH3 is 1. The van der Waals surface area contributed by atoms with Gasteiger partial charge < -0.3 is 9.64 Å². The molecule has 0 aliphatic carbocycles. The minimum Gasteiger partial charge on any atom is -0.496 e. The first-order valence-electron chi connectivity index (χ1n) is 10.4. The number of amides is 1. The molecule has 0 N–H and O–H groups in total. The first-order valence-corrected chi connectivity index (χ1v) is 11.3. The molecule has 0 radical (unpaired) electrons. The van der Waals surface area contributed by atoms with Crippen molar-refractivity contribution in [1.82, 2.24) is 14.8 Å². The zero-order valence-corrected chi connectivity index (χ0v) is 18.7. The van der Waals surface area contributed by atoms with Gasteiger partial charge in [-0.1, -0.05) is 42.1 Å². The molecule has 1 aromatic heterocycles. The lowest BCUT2D eigenvalue weighted by Gasteiger charge is -2.16. The van der Waals surface area contributed by atoms with E-state index in [9.17, 15) is 9.59 Å². The third-order valence-electron chi connectivity index (χ3n) is 5.26. The Morgan fingerprint density at radius 3 is 2.81 bits per heavy atom. The molecular formula is C24H24N4O3S. The average Bonchev–Trinajstić information content (AvgIpc) is 3.43. The predicted molar refractivity (Wildman–Crippen MR) is 125 cm³/mol. The monoisotopic (exact) mass is 448 g/mol. The van der Waals surface area contributed by atoms with E-state index in [1.54, 1.807) is 30.2 Å². The Bertz CT molecular complexity index is 1160. The Balaban J connectivity index is 1.53. The number of ether oxygens (including phenoxy) is 1. The van der Waals surface area contributed by atoms with Crippen molar-refractivity contribution in [1.29, 1.82) is 0 Å². The topological polar surface area (TPSA) is 77.3 Å². The van der Waals surface area contributed by atoms with E-state index >= 15 is 0 Å². The minimum atomic E-state index is -0.0320. The molecule has 2 aromatic carbocycles. The number of para-hydroxylation sites is 1. The second-order valence-electron chi connectivity index (χ2n) is 7.32. The summed E-state index contributed by atoms with van der Waals surface area (Å²) in [7, 11) is 1.62. The van der Waals surface area contributed by atoms with Crippen LogP contribution in [0.15, 0.2) is 66.3 Å². The van der Waals surface area contributed by atoms with E-state index in [1.807, 2.05) is 41.0 Å². The highest BCUT2D eigenvalue weighted by molar-refractivity contribution is 7.99. The SMILES string of the molecule is C=CCn1c(SCC(=O)c2cccc(N3CCCC3=O)c2)nnc1-c1ccccc1OC. The van der Waals surface area contributed by atoms with E-state index < -0.39 is 0 Å². The summed E-state index contributed by atoms with van der Waals surface area (Å²) in [6.07, 6.45) is 3.17. The number of hydrogen-bond donors (Lipinski definition) is 0. The molecule has 8 heteroatoms. The highest BCUT2D eigenvalue weighted by atomic mass is 32.2. The van der Waals surface area contributed by atoms with Gasteiger partial charge in [0.15, 0.2) is 16.8 Å². The van der Waals surface area contributed by atoms with Crippen LogP contribution in [0.5, 0.6) is 5.75 Å². The quantitative estimate of drug-likeness (QED) is 0.277. The Morgan fingerprint density at radius 1 is 1.22 bits per heavy atom. The largest absolute Gasteiger partial charge is 0.496 e. The lowest BCUT2D eigenvalue weighted by Crippen LogP contribution is -2.23. The molecule has 0 saturated carbocycles. The number of ketones is 1. The van der Waals surface area contributed by atoms with Crippen molar-refractivity contribution < 1.29 is 14.3 Å². The maximum absolute atomic E-state index is 12.9. The molecule has 0 unspecified atom stereocenters. The van der Waals surface area contributed by atoms with Gasteiger partial charge in [0.1, 0.15) is 5.75 Å². The number of nitrogens with zero attached hydrogens (tertiary/aromatic N) is 4. The van der Waals surface area contributed by atoms with Gasteiger partial charge in [0, 0.05) is 30.8 Å². The predicted octanol–water partition coefficient (Wildman–Crippen LogP) is 4.24. The average molecular weight is 449 g/mol. The van der Waals surface area contributed by atoms with E-state index in [0.717, 1.165) is 17.7 Å². The number of carbonyl (C=O) groups excluding carboxylic acids is 2. The number of anilines is 1. The van der Waals surface area contributed by atoms with Crippen molar-refractivity contribution in [2.75, 3.05) is 24.3 Å². The second-order valence-corrected chi connectivity index (χ2v) is 8.26. The summed E-state index contributed by atoms with van der Waals surface area (Å²) >= 11 is 1.33. The maximum atomic E-state index is 12.9. The normalized spacial score (nSPS) is 13.4.